The van der Waals surface area contributed by atoms with Crippen molar-refractivity contribution in [1.29, 1.82) is 0 Å². The van der Waals surface area contributed by atoms with Crippen LogP contribution in [-0.2, 0) is 17.6 Å². The molecule has 2 aliphatic heterocycles. The van der Waals surface area contributed by atoms with Gasteiger partial charge in [-0.25, -0.2) is 4.39 Å². The summed E-state index contributed by atoms with van der Waals surface area (Å²) in [5.41, 5.74) is 0.718. The molecule has 2 N–H and O–H groups in total. The van der Waals surface area contributed by atoms with E-state index < -0.39 is 11.5 Å². The standard InChI is InChI=1S/C20H24FN3O3/c1-13-6-16(27-23-13)7-15-9-24(10-18(15)25)19(26)20(11-22-12-20)8-14-4-2-3-5-17(14)21/h2-6,15,18,22,25H,7-12H2,1H3/t15-,18-/m1/s1. The molecule has 0 aliphatic carbocycles. The van der Waals surface area contributed by atoms with Crippen LogP contribution in [0.15, 0.2) is 34.9 Å². The third-order valence-corrected chi connectivity index (χ3v) is 5.70. The predicted molar refractivity (Wildman–Crippen MR) is 96.4 cm³/mol. The summed E-state index contributed by atoms with van der Waals surface area (Å²) < 4.78 is 19.3. The second-order valence-electron chi connectivity index (χ2n) is 7.83. The number of aliphatic hydroxyl groups is 1. The van der Waals surface area contributed by atoms with Gasteiger partial charge in [0.25, 0.3) is 0 Å². The number of likely N-dealkylation sites (tertiary alicyclic amines) is 1. The van der Waals surface area contributed by atoms with Crippen molar-refractivity contribution in [3.05, 3.63) is 53.2 Å². The van der Waals surface area contributed by atoms with E-state index in [2.05, 4.69) is 10.5 Å². The van der Waals surface area contributed by atoms with Gasteiger partial charge in [0, 0.05) is 44.6 Å². The Bertz CT molecular complexity index is 833. The van der Waals surface area contributed by atoms with Crippen molar-refractivity contribution in [3.63, 3.8) is 0 Å². The number of β-amino-alcohol motifs (C(OH)–C–C–N with tert-alkyl or cyclic N) is 1. The fourth-order valence-corrected chi connectivity index (χ4v) is 4.11. The summed E-state index contributed by atoms with van der Waals surface area (Å²) in [6.45, 7) is 3.68. The number of hydrogen-bond donors (Lipinski definition) is 2. The first-order valence-electron chi connectivity index (χ1n) is 9.31. The van der Waals surface area contributed by atoms with Gasteiger partial charge in [-0.2, -0.15) is 0 Å². The number of hydrogen-bond acceptors (Lipinski definition) is 5. The fraction of sp³-hybridized carbons (Fsp3) is 0.500. The molecule has 2 saturated heterocycles. The summed E-state index contributed by atoms with van der Waals surface area (Å²) in [5.74, 6) is 0.341. The van der Waals surface area contributed by atoms with Crippen LogP contribution >= 0.6 is 0 Å². The lowest BCUT2D eigenvalue weighted by Crippen LogP contribution is -2.63. The number of carbonyl (C=O) groups excluding carboxylic acids is 1. The third kappa shape index (κ3) is 3.49. The molecule has 0 radical (unpaired) electrons. The minimum atomic E-state index is -0.639. The van der Waals surface area contributed by atoms with E-state index in [1.54, 1.807) is 23.1 Å². The molecule has 1 aromatic heterocycles. The molecule has 144 valence electrons. The van der Waals surface area contributed by atoms with Gasteiger partial charge in [-0.1, -0.05) is 23.4 Å². The van der Waals surface area contributed by atoms with E-state index in [1.807, 2.05) is 13.0 Å². The summed E-state index contributed by atoms with van der Waals surface area (Å²) in [4.78, 5) is 15.0. The molecule has 6 nitrogen and oxygen atoms in total. The van der Waals surface area contributed by atoms with E-state index in [0.717, 1.165) is 11.5 Å². The Balaban J connectivity index is 1.46. The summed E-state index contributed by atoms with van der Waals surface area (Å²) >= 11 is 0. The first-order valence-corrected chi connectivity index (χ1v) is 9.31. The van der Waals surface area contributed by atoms with Crippen LogP contribution in [-0.4, -0.2) is 53.4 Å². The summed E-state index contributed by atoms with van der Waals surface area (Å²) in [7, 11) is 0. The Hall–Kier alpha value is -2.25. The number of aromatic nitrogens is 1. The van der Waals surface area contributed by atoms with Gasteiger partial charge in [0.2, 0.25) is 5.91 Å². The first kappa shape index (κ1) is 18.1. The highest BCUT2D eigenvalue weighted by atomic mass is 19.1. The minimum absolute atomic E-state index is 0.0141. The molecule has 7 heteroatoms. The molecule has 0 saturated carbocycles. The van der Waals surface area contributed by atoms with E-state index in [4.69, 9.17) is 4.52 Å². The highest BCUT2D eigenvalue weighted by molar-refractivity contribution is 5.85. The molecule has 2 atom stereocenters. The molecule has 2 aromatic rings. The zero-order valence-electron chi connectivity index (χ0n) is 15.3. The molecule has 1 aromatic carbocycles. The van der Waals surface area contributed by atoms with E-state index in [9.17, 15) is 14.3 Å². The second kappa shape index (κ2) is 7.05. The molecule has 0 unspecified atom stereocenters. The van der Waals surface area contributed by atoms with Crippen molar-refractivity contribution in [2.45, 2.75) is 25.9 Å². The maximum atomic E-state index is 14.1. The smallest absolute Gasteiger partial charge is 0.231 e. The number of halogens is 1. The van der Waals surface area contributed by atoms with Gasteiger partial charge in [-0.15, -0.1) is 0 Å². The Morgan fingerprint density at radius 3 is 2.81 bits per heavy atom. The third-order valence-electron chi connectivity index (χ3n) is 5.70. The van der Waals surface area contributed by atoms with Crippen molar-refractivity contribution in [3.8, 4) is 0 Å². The van der Waals surface area contributed by atoms with Crippen LogP contribution in [0.3, 0.4) is 0 Å². The summed E-state index contributed by atoms with van der Waals surface area (Å²) in [6.07, 6.45) is 0.312. The molecule has 0 bridgehead atoms. The molecule has 2 aliphatic rings. The Kier molecular flexibility index (Phi) is 4.74. The van der Waals surface area contributed by atoms with Gasteiger partial charge in [0.05, 0.1) is 17.2 Å². The van der Waals surface area contributed by atoms with Gasteiger partial charge in [0.15, 0.2) is 0 Å². The van der Waals surface area contributed by atoms with Crippen molar-refractivity contribution < 1.29 is 18.8 Å². The number of nitrogens with one attached hydrogen (secondary N) is 1. The van der Waals surface area contributed by atoms with Gasteiger partial charge in [0.1, 0.15) is 11.6 Å². The van der Waals surface area contributed by atoms with Crippen LogP contribution in [0, 0.1) is 24.1 Å². The van der Waals surface area contributed by atoms with E-state index in [0.29, 0.717) is 44.6 Å². The maximum absolute atomic E-state index is 14.1. The monoisotopic (exact) mass is 373 g/mol. The number of benzene rings is 1. The van der Waals surface area contributed by atoms with Crippen molar-refractivity contribution in [1.82, 2.24) is 15.4 Å². The normalized spacial score (nSPS) is 24.0. The van der Waals surface area contributed by atoms with Gasteiger partial charge < -0.3 is 19.8 Å². The predicted octanol–water partition coefficient (Wildman–Crippen LogP) is 1.32. The van der Waals surface area contributed by atoms with Crippen molar-refractivity contribution >= 4 is 5.91 Å². The zero-order chi connectivity index (χ0) is 19.0. The highest BCUT2D eigenvalue weighted by Gasteiger charge is 2.49. The van der Waals surface area contributed by atoms with E-state index in [1.165, 1.54) is 6.07 Å². The topological polar surface area (TPSA) is 78.6 Å². The fourth-order valence-electron chi connectivity index (χ4n) is 4.11. The van der Waals surface area contributed by atoms with Crippen molar-refractivity contribution in [2.24, 2.45) is 11.3 Å². The van der Waals surface area contributed by atoms with Gasteiger partial charge >= 0.3 is 0 Å². The lowest BCUT2D eigenvalue weighted by atomic mass is 9.75. The van der Waals surface area contributed by atoms with Crippen LogP contribution in [0.5, 0.6) is 0 Å². The second-order valence-corrected chi connectivity index (χ2v) is 7.83. The minimum Gasteiger partial charge on any atom is -0.391 e. The summed E-state index contributed by atoms with van der Waals surface area (Å²) in [6, 6.07) is 8.45. The molecule has 27 heavy (non-hydrogen) atoms. The van der Waals surface area contributed by atoms with E-state index in [-0.39, 0.29) is 17.6 Å². The Morgan fingerprint density at radius 2 is 2.19 bits per heavy atom. The van der Waals surface area contributed by atoms with Crippen LogP contribution in [0.1, 0.15) is 17.0 Å². The summed E-state index contributed by atoms with van der Waals surface area (Å²) in [5, 5.41) is 17.5. The quantitative estimate of drug-likeness (QED) is 0.826. The molecule has 0 spiro atoms. The Labute approximate surface area is 157 Å². The highest BCUT2D eigenvalue weighted by Crippen LogP contribution is 2.34. The Morgan fingerprint density at radius 1 is 1.41 bits per heavy atom. The average molecular weight is 373 g/mol. The lowest BCUT2D eigenvalue weighted by Gasteiger charge is -2.43. The molecule has 2 fully saturated rings. The van der Waals surface area contributed by atoms with Crippen LogP contribution < -0.4 is 5.32 Å². The maximum Gasteiger partial charge on any atom is 0.231 e. The van der Waals surface area contributed by atoms with E-state index >= 15 is 0 Å². The first-order chi connectivity index (χ1) is 13.0. The van der Waals surface area contributed by atoms with Crippen LogP contribution in [0.4, 0.5) is 4.39 Å². The van der Waals surface area contributed by atoms with Gasteiger partial charge in [-0.3, -0.25) is 4.79 Å². The number of aliphatic hydroxyl groups excluding tert-OH is 1. The molecule has 4 rings (SSSR count). The van der Waals surface area contributed by atoms with Gasteiger partial charge in [-0.05, 0) is 25.0 Å². The number of rotatable bonds is 5. The van der Waals surface area contributed by atoms with Crippen molar-refractivity contribution in [2.75, 3.05) is 26.2 Å². The van der Waals surface area contributed by atoms with Crippen LogP contribution in [0.2, 0.25) is 0 Å². The molecule has 1 amide bonds. The number of carbonyl (C=O) groups is 1. The number of aryl methyl sites for hydroxylation is 1. The SMILES string of the molecule is Cc1cc(C[C@@H]2CN(C(=O)C3(Cc4ccccc4F)CNC3)C[C@H]2O)on1. The molecule has 3 heterocycles. The number of nitrogens with zero attached hydrogens (tertiary/aromatic N) is 2. The lowest BCUT2D eigenvalue weighted by molar-refractivity contribution is -0.144. The van der Waals surface area contributed by atoms with Crippen LogP contribution in [0.25, 0.3) is 0 Å². The zero-order valence-corrected chi connectivity index (χ0v) is 15.3. The number of amides is 1. The average Bonchev–Trinajstić information content (AvgIpc) is 3.18. The largest absolute Gasteiger partial charge is 0.391 e. The molecular formula is C20H24FN3O3. The molecular weight excluding hydrogens is 349 g/mol.